The van der Waals surface area contributed by atoms with Gasteiger partial charge in [-0.3, -0.25) is 0 Å². The van der Waals surface area contributed by atoms with Crippen LogP contribution in [0.4, 0.5) is 5.69 Å². The minimum absolute atomic E-state index is 0.520. The standard InChI is InChI=1S/C12H19NO3/c1-3-4-15-5-6-16-12-8-10(13)7-11(9-12)14-2/h7-9H,3-6,13H2,1-2H3. The summed E-state index contributed by atoms with van der Waals surface area (Å²) < 4.78 is 15.9. The number of methoxy groups -OCH3 is 1. The van der Waals surface area contributed by atoms with Crippen molar-refractivity contribution in [2.75, 3.05) is 32.7 Å². The SMILES string of the molecule is CCCOCCOc1cc(N)cc(OC)c1. The Balaban J connectivity index is 2.38. The lowest BCUT2D eigenvalue weighted by Gasteiger charge is -2.09. The molecular formula is C12H19NO3. The normalized spacial score (nSPS) is 10.1. The quantitative estimate of drug-likeness (QED) is 0.570. The smallest absolute Gasteiger partial charge is 0.125 e. The summed E-state index contributed by atoms with van der Waals surface area (Å²) >= 11 is 0. The van der Waals surface area contributed by atoms with Gasteiger partial charge in [0.05, 0.1) is 13.7 Å². The Bertz CT molecular complexity index is 315. The van der Waals surface area contributed by atoms with E-state index in [1.807, 2.05) is 0 Å². The molecule has 4 heteroatoms. The van der Waals surface area contributed by atoms with E-state index in [2.05, 4.69) is 6.92 Å². The van der Waals surface area contributed by atoms with Crippen molar-refractivity contribution < 1.29 is 14.2 Å². The molecule has 2 N–H and O–H groups in total. The average molecular weight is 225 g/mol. The van der Waals surface area contributed by atoms with Gasteiger partial charge in [-0.05, 0) is 6.42 Å². The van der Waals surface area contributed by atoms with Crippen LogP contribution in [0, 0.1) is 0 Å². The first-order valence-electron chi connectivity index (χ1n) is 5.41. The van der Waals surface area contributed by atoms with E-state index in [0.29, 0.717) is 30.4 Å². The van der Waals surface area contributed by atoms with E-state index in [1.54, 1.807) is 25.3 Å². The first-order valence-corrected chi connectivity index (χ1v) is 5.41. The number of nitrogens with two attached hydrogens (primary N) is 1. The second-order valence-corrected chi connectivity index (χ2v) is 3.40. The third-order valence-electron chi connectivity index (χ3n) is 1.98. The molecule has 0 saturated carbocycles. The molecule has 0 heterocycles. The minimum Gasteiger partial charge on any atom is -0.497 e. The van der Waals surface area contributed by atoms with Crippen molar-refractivity contribution >= 4 is 5.69 Å². The number of hydrogen-bond donors (Lipinski definition) is 1. The van der Waals surface area contributed by atoms with Crippen molar-refractivity contribution in [3.8, 4) is 11.5 Å². The van der Waals surface area contributed by atoms with Gasteiger partial charge in [0, 0.05) is 30.5 Å². The highest BCUT2D eigenvalue weighted by molar-refractivity contribution is 5.50. The van der Waals surface area contributed by atoms with E-state index in [4.69, 9.17) is 19.9 Å². The van der Waals surface area contributed by atoms with Crippen LogP contribution in [0.2, 0.25) is 0 Å². The van der Waals surface area contributed by atoms with Gasteiger partial charge in [-0.2, -0.15) is 0 Å². The van der Waals surface area contributed by atoms with Gasteiger partial charge >= 0.3 is 0 Å². The molecule has 1 rings (SSSR count). The molecular weight excluding hydrogens is 206 g/mol. The Kier molecular flexibility index (Phi) is 5.50. The summed E-state index contributed by atoms with van der Waals surface area (Å²) in [6.45, 7) is 3.95. The van der Waals surface area contributed by atoms with Crippen LogP contribution in [0.5, 0.6) is 11.5 Å². The van der Waals surface area contributed by atoms with Gasteiger partial charge < -0.3 is 19.9 Å². The number of ether oxygens (including phenoxy) is 3. The van der Waals surface area contributed by atoms with Crippen LogP contribution in [0.3, 0.4) is 0 Å². The number of hydrogen-bond acceptors (Lipinski definition) is 4. The fraction of sp³-hybridized carbons (Fsp3) is 0.500. The molecule has 0 atom stereocenters. The van der Waals surface area contributed by atoms with Gasteiger partial charge in [-0.25, -0.2) is 0 Å². The first kappa shape index (κ1) is 12.6. The molecule has 1 aromatic carbocycles. The molecule has 16 heavy (non-hydrogen) atoms. The molecule has 0 amide bonds. The molecule has 0 spiro atoms. The fourth-order valence-corrected chi connectivity index (χ4v) is 1.26. The molecule has 0 aromatic heterocycles. The van der Waals surface area contributed by atoms with Crippen LogP contribution in [0.1, 0.15) is 13.3 Å². The molecule has 0 bridgehead atoms. The van der Waals surface area contributed by atoms with Gasteiger partial charge in [0.2, 0.25) is 0 Å². The molecule has 0 saturated heterocycles. The third-order valence-corrected chi connectivity index (χ3v) is 1.98. The van der Waals surface area contributed by atoms with Crippen molar-refractivity contribution in [1.29, 1.82) is 0 Å². The van der Waals surface area contributed by atoms with Gasteiger partial charge in [0.15, 0.2) is 0 Å². The van der Waals surface area contributed by atoms with Crippen molar-refractivity contribution in [2.24, 2.45) is 0 Å². The molecule has 0 aliphatic carbocycles. The molecule has 4 nitrogen and oxygen atoms in total. The summed E-state index contributed by atoms with van der Waals surface area (Å²) in [5, 5.41) is 0. The molecule has 0 radical (unpaired) electrons. The Hall–Kier alpha value is -1.42. The molecule has 0 aliphatic rings. The largest absolute Gasteiger partial charge is 0.497 e. The zero-order valence-corrected chi connectivity index (χ0v) is 9.86. The number of rotatable bonds is 7. The van der Waals surface area contributed by atoms with Gasteiger partial charge in [-0.1, -0.05) is 6.92 Å². The lowest BCUT2D eigenvalue weighted by molar-refractivity contribution is 0.101. The lowest BCUT2D eigenvalue weighted by atomic mass is 10.3. The number of benzene rings is 1. The van der Waals surface area contributed by atoms with Crippen LogP contribution in [0.25, 0.3) is 0 Å². The Morgan fingerprint density at radius 2 is 1.81 bits per heavy atom. The van der Waals surface area contributed by atoms with Crippen LogP contribution in [0.15, 0.2) is 18.2 Å². The van der Waals surface area contributed by atoms with Crippen LogP contribution in [-0.2, 0) is 4.74 Å². The maximum atomic E-state index is 5.70. The highest BCUT2D eigenvalue weighted by atomic mass is 16.5. The van der Waals surface area contributed by atoms with Crippen LogP contribution >= 0.6 is 0 Å². The highest BCUT2D eigenvalue weighted by Crippen LogP contribution is 2.23. The molecule has 0 aliphatic heterocycles. The lowest BCUT2D eigenvalue weighted by Crippen LogP contribution is -2.07. The van der Waals surface area contributed by atoms with Crippen LogP contribution < -0.4 is 15.2 Å². The monoisotopic (exact) mass is 225 g/mol. The summed E-state index contributed by atoms with van der Waals surface area (Å²) in [5.74, 6) is 1.40. The Morgan fingerprint density at radius 3 is 2.50 bits per heavy atom. The summed E-state index contributed by atoms with van der Waals surface area (Å²) in [6.07, 6.45) is 1.02. The summed E-state index contributed by atoms with van der Waals surface area (Å²) in [6, 6.07) is 5.32. The Labute approximate surface area is 96.3 Å². The molecule has 90 valence electrons. The van der Waals surface area contributed by atoms with Gasteiger partial charge in [0.25, 0.3) is 0 Å². The van der Waals surface area contributed by atoms with Gasteiger partial charge in [0.1, 0.15) is 18.1 Å². The summed E-state index contributed by atoms with van der Waals surface area (Å²) in [5.41, 5.74) is 6.32. The van der Waals surface area contributed by atoms with Crippen molar-refractivity contribution in [2.45, 2.75) is 13.3 Å². The zero-order chi connectivity index (χ0) is 11.8. The molecule has 0 fully saturated rings. The second kappa shape index (κ2) is 6.95. The highest BCUT2D eigenvalue weighted by Gasteiger charge is 1.99. The molecule has 0 unspecified atom stereocenters. The third kappa shape index (κ3) is 4.40. The summed E-state index contributed by atoms with van der Waals surface area (Å²) in [7, 11) is 1.60. The van der Waals surface area contributed by atoms with E-state index in [0.717, 1.165) is 13.0 Å². The van der Waals surface area contributed by atoms with Crippen molar-refractivity contribution in [3.63, 3.8) is 0 Å². The van der Waals surface area contributed by atoms with Gasteiger partial charge in [-0.15, -0.1) is 0 Å². The predicted molar refractivity (Wildman–Crippen MR) is 64.0 cm³/mol. The maximum absolute atomic E-state index is 5.70. The van der Waals surface area contributed by atoms with Crippen molar-refractivity contribution in [3.05, 3.63) is 18.2 Å². The first-order chi connectivity index (χ1) is 7.76. The maximum Gasteiger partial charge on any atom is 0.125 e. The topological polar surface area (TPSA) is 53.7 Å². The number of anilines is 1. The fourth-order valence-electron chi connectivity index (χ4n) is 1.26. The molecule has 1 aromatic rings. The summed E-state index contributed by atoms with van der Waals surface area (Å²) in [4.78, 5) is 0. The van der Waals surface area contributed by atoms with Crippen molar-refractivity contribution in [1.82, 2.24) is 0 Å². The van der Waals surface area contributed by atoms with E-state index >= 15 is 0 Å². The van der Waals surface area contributed by atoms with E-state index in [1.165, 1.54) is 0 Å². The number of nitrogen functional groups attached to an aromatic ring is 1. The predicted octanol–water partition coefficient (Wildman–Crippen LogP) is 2.08. The zero-order valence-electron chi connectivity index (χ0n) is 9.86. The minimum atomic E-state index is 0.520. The van der Waals surface area contributed by atoms with E-state index < -0.39 is 0 Å². The Morgan fingerprint density at radius 1 is 1.06 bits per heavy atom. The average Bonchev–Trinajstić information content (AvgIpc) is 2.28. The van der Waals surface area contributed by atoms with Crippen LogP contribution in [-0.4, -0.2) is 26.9 Å². The second-order valence-electron chi connectivity index (χ2n) is 3.40. The van der Waals surface area contributed by atoms with E-state index in [9.17, 15) is 0 Å². The van der Waals surface area contributed by atoms with E-state index in [-0.39, 0.29) is 0 Å².